The van der Waals surface area contributed by atoms with Crippen molar-refractivity contribution >= 4 is 35.3 Å². The standard InChI is InChI=1S/C28H33N7O5/c1-28(2,3)33-15-18-11-17(9-10-32(18)27(33)40)34-14-16(13-30-34)12-29-20-6-4-5-19-23(20)26(39)35(25(19)38)21-7-8-22(36)31-24(21)37/h4-6,13-14,17-18,21,29H,7-12,15H2,1-3H3,(H,31,36,37). The van der Waals surface area contributed by atoms with Gasteiger partial charge in [-0.2, -0.15) is 5.10 Å². The second-order valence-corrected chi connectivity index (χ2v) is 11.9. The van der Waals surface area contributed by atoms with Crippen LogP contribution in [0.15, 0.2) is 30.6 Å². The van der Waals surface area contributed by atoms with Crippen molar-refractivity contribution in [1.29, 1.82) is 0 Å². The average molecular weight is 548 g/mol. The normalized spacial score (nSPS) is 24.9. The van der Waals surface area contributed by atoms with Crippen molar-refractivity contribution in [3.05, 3.63) is 47.3 Å². The summed E-state index contributed by atoms with van der Waals surface area (Å²) in [6, 6.07) is 4.46. The summed E-state index contributed by atoms with van der Waals surface area (Å²) in [6.45, 7) is 7.98. The highest BCUT2D eigenvalue weighted by molar-refractivity contribution is 6.25. The van der Waals surface area contributed by atoms with E-state index in [9.17, 15) is 24.0 Å². The molecule has 3 atom stereocenters. The molecule has 12 heteroatoms. The number of imide groups is 2. The van der Waals surface area contributed by atoms with Gasteiger partial charge in [-0.15, -0.1) is 0 Å². The topological polar surface area (TPSA) is 137 Å². The molecule has 2 aromatic rings. The molecule has 40 heavy (non-hydrogen) atoms. The number of nitrogens with one attached hydrogen (secondary N) is 2. The van der Waals surface area contributed by atoms with Crippen molar-refractivity contribution in [3.63, 3.8) is 0 Å². The van der Waals surface area contributed by atoms with E-state index in [-0.39, 0.29) is 47.6 Å². The van der Waals surface area contributed by atoms with Gasteiger partial charge in [0.1, 0.15) is 6.04 Å². The fourth-order valence-electron chi connectivity index (χ4n) is 6.23. The minimum Gasteiger partial charge on any atom is -0.380 e. The first-order valence-corrected chi connectivity index (χ1v) is 13.7. The van der Waals surface area contributed by atoms with Gasteiger partial charge in [0.2, 0.25) is 11.8 Å². The zero-order chi connectivity index (χ0) is 28.3. The van der Waals surface area contributed by atoms with Gasteiger partial charge < -0.3 is 15.1 Å². The predicted octanol–water partition coefficient (Wildman–Crippen LogP) is 2.14. The molecule has 6 amide bonds. The van der Waals surface area contributed by atoms with Crippen LogP contribution in [0.5, 0.6) is 0 Å². The number of benzene rings is 1. The molecule has 2 N–H and O–H groups in total. The molecule has 4 aliphatic heterocycles. The molecule has 0 spiro atoms. The van der Waals surface area contributed by atoms with Gasteiger partial charge in [0.05, 0.1) is 29.4 Å². The van der Waals surface area contributed by atoms with Crippen LogP contribution in [0.4, 0.5) is 10.5 Å². The summed E-state index contributed by atoms with van der Waals surface area (Å²) < 4.78 is 1.97. The number of carbonyl (C=O) groups excluding carboxylic acids is 5. The number of carbonyl (C=O) groups is 5. The van der Waals surface area contributed by atoms with Crippen LogP contribution in [-0.2, 0) is 16.1 Å². The first-order chi connectivity index (χ1) is 19.0. The lowest BCUT2D eigenvalue weighted by atomic mass is 9.98. The minimum atomic E-state index is -1.01. The molecule has 1 aromatic carbocycles. The predicted molar refractivity (Wildman–Crippen MR) is 143 cm³/mol. The Bertz CT molecular complexity index is 1430. The van der Waals surface area contributed by atoms with Crippen LogP contribution in [0.1, 0.15) is 78.8 Å². The second-order valence-electron chi connectivity index (χ2n) is 11.9. The first kappa shape index (κ1) is 26.0. The van der Waals surface area contributed by atoms with Gasteiger partial charge in [0.25, 0.3) is 11.8 Å². The molecule has 210 valence electrons. The Hall–Kier alpha value is -4.22. The maximum Gasteiger partial charge on any atom is 0.320 e. The number of hydrogen-bond acceptors (Lipinski definition) is 7. The van der Waals surface area contributed by atoms with Crippen molar-refractivity contribution in [2.24, 2.45) is 0 Å². The zero-order valence-corrected chi connectivity index (χ0v) is 22.8. The van der Waals surface area contributed by atoms with E-state index in [0.29, 0.717) is 18.8 Å². The summed E-state index contributed by atoms with van der Waals surface area (Å²) >= 11 is 0. The molecule has 0 aliphatic carbocycles. The molecule has 1 aromatic heterocycles. The Morgan fingerprint density at radius 2 is 1.85 bits per heavy atom. The van der Waals surface area contributed by atoms with Crippen molar-refractivity contribution in [2.45, 2.75) is 76.7 Å². The largest absolute Gasteiger partial charge is 0.380 e. The Labute approximate surface area is 231 Å². The zero-order valence-electron chi connectivity index (χ0n) is 22.8. The SMILES string of the molecule is CC(C)(C)N1CC2CC(n3cc(CNc4cccc5c4C(=O)N(C4CCC(=O)NC4=O)C5=O)cn3)CCN2C1=O. The van der Waals surface area contributed by atoms with Crippen molar-refractivity contribution < 1.29 is 24.0 Å². The van der Waals surface area contributed by atoms with E-state index in [2.05, 4.69) is 36.5 Å². The summed E-state index contributed by atoms with van der Waals surface area (Å²) in [5.74, 6) is -2.12. The highest BCUT2D eigenvalue weighted by atomic mass is 16.2. The van der Waals surface area contributed by atoms with Crippen LogP contribution in [0, 0.1) is 0 Å². The van der Waals surface area contributed by atoms with Gasteiger partial charge in [-0.1, -0.05) is 6.07 Å². The maximum absolute atomic E-state index is 13.3. The summed E-state index contributed by atoms with van der Waals surface area (Å²) in [5, 5.41) is 10.1. The molecule has 3 unspecified atom stereocenters. The lowest BCUT2D eigenvalue weighted by Gasteiger charge is -2.33. The molecular formula is C28H33N7O5. The van der Waals surface area contributed by atoms with Crippen LogP contribution < -0.4 is 10.6 Å². The fraction of sp³-hybridized carbons (Fsp3) is 0.500. The van der Waals surface area contributed by atoms with E-state index in [1.807, 2.05) is 20.7 Å². The number of nitrogens with zero attached hydrogens (tertiary/aromatic N) is 5. The summed E-state index contributed by atoms with van der Waals surface area (Å²) in [5.41, 5.74) is 1.66. The van der Waals surface area contributed by atoms with E-state index in [1.165, 1.54) is 0 Å². The molecule has 3 saturated heterocycles. The van der Waals surface area contributed by atoms with Gasteiger partial charge in [-0.25, -0.2) is 4.79 Å². The minimum absolute atomic E-state index is 0.0732. The molecule has 0 saturated carbocycles. The molecule has 0 radical (unpaired) electrons. The van der Waals surface area contributed by atoms with Crippen molar-refractivity contribution in [1.82, 2.24) is 29.8 Å². The number of rotatable bonds is 5. The van der Waals surface area contributed by atoms with E-state index in [0.717, 1.165) is 29.8 Å². The van der Waals surface area contributed by atoms with Gasteiger partial charge in [-0.05, 0) is 52.2 Å². The van der Waals surface area contributed by atoms with Gasteiger partial charge in [0.15, 0.2) is 0 Å². The molecule has 6 rings (SSSR count). The lowest BCUT2D eigenvalue weighted by molar-refractivity contribution is -0.136. The molecule has 12 nitrogen and oxygen atoms in total. The van der Waals surface area contributed by atoms with Crippen molar-refractivity contribution in [3.8, 4) is 0 Å². The van der Waals surface area contributed by atoms with Gasteiger partial charge in [0, 0.05) is 49.0 Å². The third-order valence-corrected chi connectivity index (χ3v) is 8.35. The Morgan fingerprint density at radius 3 is 2.60 bits per heavy atom. The summed E-state index contributed by atoms with van der Waals surface area (Å²) in [4.78, 5) is 68.1. The van der Waals surface area contributed by atoms with E-state index in [1.54, 1.807) is 24.4 Å². The second kappa shape index (κ2) is 9.46. The molecular weight excluding hydrogens is 514 g/mol. The lowest BCUT2D eigenvalue weighted by Crippen LogP contribution is -2.54. The van der Waals surface area contributed by atoms with Crippen LogP contribution in [0.25, 0.3) is 0 Å². The Balaban J connectivity index is 1.13. The van der Waals surface area contributed by atoms with Crippen LogP contribution in [0.3, 0.4) is 0 Å². The van der Waals surface area contributed by atoms with Crippen molar-refractivity contribution in [2.75, 3.05) is 18.4 Å². The van der Waals surface area contributed by atoms with E-state index >= 15 is 0 Å². The summed E-state index contributed by atoms with van der Waals surface area (Å²) in [7, 11) is 0. The van der Waals surface area contributed by atoms with Gasteiger partial charge in [-0.3, -0.25) is 34.1 Å². The third-order valence-electron chi connectivity index (χ3n) is 8.35. The first-order valence-electron chi connectivity index (χ1n) is 13.7. The molecule has 4 aliphatic rings. The van der Waals surface area contributed by atoms with E-state index < -0.39 is 29.7 Å². The van der Waals surface area contributed by atoms with E-state index in [4.69, 9.17) is 0 Å². The molecule has 0 bridgehead atoms. The number of amides is 6. The number of hydrogen-bond donors (Lipinski definition) is 2. The third kappa shape index (κ3) is 4.31. The molecule has 5 heterocycles. The number of fused-ring (bicyclic) bond motifs is 2. The Morgan fingerprint density at radius 1 is 1.05 bits per heavy atom. The van der Waals surface area contributed by atoms with Crippen LogP contribution in [-0.4, -0.2) is 84.9 Å². The van der Waals surface area contributed by atoms with Gasteiger partial charge >= 0.3 is 6.03 Å². The summed E-state index contributed by atoms with van der Waals surface area (Å²) in [6.07, 6.45) is 5.62. The number of piperidine rings is 2. The number of urea groups is 1. The average Bonchev–Trinajstić information content (AvgIpc) is 3.58. The monoisotopic (exact) mass is 547 g/mol. The highest BCUT2D eigenvalue weighted by Gasteiger charge is 2.46. The smallest absolute Gasteiger partial charge is 0.320 e. The van der Waals surface area contributed by atoms with Crippen LogP contribution >= 0.6 is 0 Å². The van der Waals surface area contributed by atoms with Crippen LogP contribution in [0.2, 0.25) is 0 Å². The number of anilines is 1. The Kier molecular flexibility index (Phi) is 6.15. The molecule has 3 fully saturated rings. The fourth-order valence-corrected chi connectivity index (χ4v) is 6.23. The number of aromatic nitrogens is 2. The maximum atomic E-state index is 13.3. The highest BCUT2D eigenvalue weighted by Crippen LogP contribution is 2.35. The quantitative estimate of drug-likeness (QED) is 0.547.